The highest BCUT2D eigenvalue weighted by atomic mass is 16.5. The monoisotopic (exact) mass is 362 g/mol. The lowest BCUT2D eigenvalue weighted by Crippen LogP contribution is -2.19. The molecule has 0 spiro atoms. The van der Waals surface area contributed by atoms with Gasteiger partial charge in [-0.3, -0.25) is 0 Å². The number of methoxy groups -OCH3 is 1. The Morgan fingerprint density at radius 3 is 1.96 bits per heavy atom. The van der Waals surface area contributed by atoms with Gasteiger partial charge in [0, 0.05) is 12.5 Å². The number of ether oxygens (including phenoxy) is 1. The van der Waals surface area contributed by atoms with Gasteiger partial charge in [0.05, 0.1) is 7.11 Å². The Bertz CT molecular complexity index is 811. The second kappa shape index (κ2) is 9.24. The summed E-state index contributed by atoms with van der Waals surface area (Å²) in [6.07, 6.45) is 1.79. The maximum Gasteiger partial charge on any atom is 0.118 e. The van der Waals surface area contributed by atoms with Gasteiger partial charge in [0.1, 0.15) is 11.5 Å². The number of aliphatic hydroxyl groups is 1. The molecule has 0 aliphatic heterocycles. The van der Waals surface area contributed by atoms with Gasteiger partial charge < -0.3 is 14.9 Å². The molecule has 0 fully saturated rings. The fourth-order valence-electron chi connectivity index (χ4n) is 3.59. The van der Waals surface area contributed by atoms with Crippen molar-refractivity contribution in [1.29, 1.82) is 0 Å². The lowest BCUT2D eigenvalue weighted by Gasteiger charge is -2.27. The molecule has 3 nitrogen and oxygen atoms in total. The molecular weight excluding hydrogens is 336 g/mol. The van der Waals surface area contributed by atoms with Crippen LogP contribution < -0.4 is 4.74 Å². The van der Waals surface area contributed by atoms with E-state index in [1.54, 1.807) is 19.2 Å². The highest BCUT2D eigenvalue weighted by Gasteiger charge is 2.24. The molecule has 0 aliphatic carbocycles. The molecule has 27 heavy (non-hydrogen) atoms. The van der Waals surface area contributed by atoms with Crippen molar-refractivity contribution >= 4 is 0 Å². The molecule has 3 heteroatoms. The van der Waals surface area contributed by atoms with Gasteiger partial charge in [-0.1, -0.05) is 54.6 Å². The molecule has 2 unspecified atom stereocenters. The molecule has 2 N–H and O–H groups in total. The minimum atomic E-state index is 0.0465. The van der Waals surface area contributed by atoms with Crippen LogP contribution in [-0.2, 0) is 6.42 Å². The van der Waals surface area contributed by atoms with Gasteiger partial charge in [-0.25, -0.2) is 0 Å². The molecule has 0 bridgehead atoms. The van der Waals surface area contributed by atoms with E-state index in [1.165, 1.54) is 5.56 Å². The van der Waals surface area contributed by atoms with E-state index in [9.17, 15) is 10.2 Å². The molecule has 3 aromatic carbocycles. The smallest absolute Gasteiger partial charge is 0.118 e. The van der Waals surface area contributed by atoms with Gasteiger partial charge >= 0.3 is 0 Å². The van der Waals surface area contributed by atoms with Gasteiger partial charge in [0.2, 0.25) is 0 Å². The molecule has 0 radical (unpaired) electrons. The molecule has 2 atom stereocenters. The first-order chi connectivity index (χ1) is 13.2. The first-order valence-corrected chi connectivity index (χ1v) is 9.29. The third-order valence-electron chi connectivity index (χ3n) is 5.08. The van der Waals surface area contributed by atoms with Gasteiger partial charge in [0.15, 0.2) is 0 Å². The van der Waals surface area contributed by atoms with Gasteiger partial charge in [-0.15, -0.1) is 0 Å². The van der Waals surface area contributed by atoms with Gasteiger partial charge in [-0.2, -0.15) is 0 Å². The first kappa shape index (κ1) is 19.0. The lowest BCUT2D eigenvalue weighted by atomic mass is 9.78. The number of hydrogen-bond acceptors (Lipinski definition) is 3. The second-order valence-electron chi connectivity index (χ2n) is 6.81. The Kier molecular flexibility index (Phi) is 6.50. The van der Waals surface area contributed by atoms with Crippen molar-refractivity contribution < 1.29 is 14.9 Å². The van der Waals surface area contributed by atoms with Crippen molar-refractivity contribution in [2.45, 2.75) is 18.8 Å². The van der Waals surface area contributed by atoms with E-state index in [0.717, 1.165) is 29.7 Å². The number of aliphatic hydroxyl groups excluding tert-OH is 1. The summed E-state index contributed by atoms with van der Waals surface area (Å²) in [4.78, 5) is 0. The number of rotatable bonds is 8. The zero-order valence-corrected chi connectivity index (χ0v) is 15.6. The van der Waals surface area contributed by atoms with E-state index in [-0.39, 0.29) is 24.2 Å². The van der Waals surface area contributed by atoms with Crippen LogP contribution >= 0.6 is 0 Å². The minimum Gasteiger partial charge on any atom is -0.508 e. The largest absolute Gasteiger partial charge is 0.508 e. The van der Waals surface area contributed by atoms with Crippen molar-refractivity contribution in [2.75, 3.05) is 13.7 Å². The van der Waals surface area contributed by atoms with Gasteiger partial charge in [-0.05, 0) is 59.7 Å². The third-order valence-corrected chi connectivity index (χ3v) is 5.08. The van der Waals surface area contributed by atoms with Crippen LogP contribution in [-0.4, -0.2) is 23.9 Å². The Labute approximate surface area is 160 Å². The van der Waals surface area contributed by atoms with E-state index in [0.29, 0.717) is 0 Å². The molecule has 0 aliphatic rings. The number of benzene rings is 3. The Hall–Kier alpha value is -2.78. The lowest BCUT2D eigenvalue weighted by molar-refractivity contribution is 0.205. The summed E-state index contributed by atoms with van der Waals surface area (Å²) in [6.45, 7) is 0.102. The van der Waals surface area contributed by atoms with Crippen molar-refractivity contribution in [3.8, 4) is 11.5 Å². The van der Waals surface area contributed by atoms with E-state index in [4.69, 9.17) is 4.74 Å². The third kappa shape index (κ3) is 4.89. The van der Waals surface area contributed by atoms with E-state index in [1.807, 2.05) is 42.5 Å². The summed E-state index contributed by atoms with van der Waals surface area (Å²) in [7, 11) is 1.66. The number of aryl methyl sites for hydroxylation is 1. The molecule has 0 amide bonds. The van der Waals surface area contributed by atoms with Crippen molar-refractivity contribution in [1.82, 2.24) is 0 Å². The highest BCUT2D eigenvalue weighted by molar-refractivity contribution is 5.38. The molecule has 0 heterocycles. The molecule has 140 valence electrons. The van der Waals surface area contributed by atoms with Gasteiger partial charge in [0.25, 0.3) is 0 Å². The fourth-order valence-corrected chi connectivity index (χ4v) is 3.59. The molecule has 0 saturated carbocycles. The summed E-state index contributed by atoms with van der Waals surface area (Å²) in [6, 6.07) is 25.7. The van der Waals surface area contributed by atoms with Crippen LogP contribution in [0.15, 0.2) is 78.9 Å². The second-order valence-corrected chi connectivity index (χ2v) is 6.81. The zero-order valence-electron chi connectivity index (χ0n) is 15.6. The quantitative estimate of drug-likeness (QED) is 0.607. The van der Waals surface area contributed by atoms with Crippen molar-refractivity contribution in [2.24, 2.45) is 5.92 Å². The fraction of sp³-hybridized carbons (Fsp3) is 0.250. The average molecular weight is 362 g/mol. The SMILES string of the molecule is COc1ccc(C(c2ccc(O)cc2)C(CO)CCc2ccccc2)cc1. The normalized spacial score (nSPS) is 13.1. The van der Waals surface area contributed by atoms with Crippen LogP contribution in [0.1, 0.15) is 29.0 Å². The number of phenols is 1. The minimum absolute atomic E-state index is 0.0465. The Morgan fingerprint density at radius 1 is 0.815 bits per heavy atom. The zero-order chi connectivity index (χ0) is 19.1. The summed E-state index contributed by atoms with van der Waals surface area (Å²) in [5, 5.41) is 19.8. The van der Waals surface area contributed by atoms with Crippen molar-refractivity contribution in [3.05, 3.63) is 95.6 Å². The molecule has 3 aromatic rings. The first-order valence-electron chi connectivity index (χ1n) is 9.29. The van der Waals surface area contributed by atoms with Crippen LogP contribution in [0.2, 0.25) is 0 Å². The van der Waals surface area contributed by atoms with Crippen LogP contribution in [0.25, 0.3) is 0 Å². The maximum absolute atomic E-state index is 10.2. The Balaban J connectivity index is 1.89. The van der Waals surface area contributed by atoms with Crippen LogP contribution in [0, 0.1) is 5.92 Å². The van der Waals surface area contributed by atoms with E-state index >= 15 is 0 Å². The van der Waals surface area contributed by atoms with E-state index < -0.39 is 0 Å². The molecular formula is C24H26O3. The predicted molar refractivity (Wildman–Crippen MR) is 108 cm³/mol. The summed E-state index contributed by atoms with van der Waals surface area (Å²) < 4.78 is 5.28. The summed E-state index contributed by atoms with van der Waals surface area (Å²) in [5.41, 5.74) is 3.49. The van der Waals surface area contributed by atoms with Crippen LogP contribution in [0.4, 0.5) is 0 Å². The Morgan fingerprint density at radius 2 is 1.41 bits per heavy atom. The molecule has 3 rings (SSSR count). The summed E-state index contributed by atoms with van der Waals surface area (Å²) >= 11 is 0. The highest BCUT2D eigenvalue weighted by Crippen LogP contribution is 2.36. The summed E-state index contributed by atoms with van der Waals surface area (Å²) in [5.74, 6) is 1.18. The molecule has 0 aromatic heterocycles. The standard InChI is InChI=1S/C24H26O3/c1-27-23-15-11-20(12-16-23)24(19-9-13-22(26)14-10-19)21(17-25)8-7-18-5-3-2-4-6-18/h2-6,9-16,21,24-26H,7-8,17H2,1H3. The predicted octanol–water partition coefficient (Wildman–Crippen LogP) is 4.77. The van der Waals surface area contributed by atoms with Crippen molar-refractivity contribution in [3.63, 3.8) is 0 Å². The maximum atomic E-state index is 10.2. The number of aromatic hydroxyl groups is 1. The number of hydrogen-bond donors (Lipinski definition) is 2. The number of phenolic OH excluding ortho intramolecular Hbond substituents is 1. The van der Waals surface area contributed by atoms with Crippen LogP contribution in [0.3, 0.4) is 0 Å². The van der Waals surface area contributed by atoms with E-state index in [2.05, 4.69) is 24.3 Å². The molecule has 0 saturated heterocycles. The topological polar surface area (TPSA) is 49.7 Å². The average Bonchev–Trinajstić information content (AvgIpc) is 2.73. The van der Waals surface area contributed by atoms with Crippen LogP contribution in [0.5, 0.6) is 11.5 Å².